The first-order valence-electron chi connectivity index (χ1n) is 7.14. The molecule has 3 rings (SSSR count). The summed E-state index contributed by atoms with van der Waals surface area (Å²) >= 11 is 1.18. The van der Waals surface area contributed by atoms with Crippen LogP contribution in [0.1, 0.15) is 34.9 Å². The molecular weight excluding hydrogens is 316 g/mol. The molecule has 3 aromatic rings. The van der Waals surface area contributed by atoms with E-state index in [1.807, 2.05) is 12.1 Å². The van der Waals surface area contributed by atoms with E-state index in [2.05, 4.69) is 28.6 Å². The minimum Gasteiger partial charge on any atom is -0.539 e. The molecular formula is C15H16N4O3S. The van der Waals surface area contributed by atoms with Gasteiger partial charge in [0, 0.05) is 11.1 Å². The normalized spacial score (nSPS) is 11.5. The van der Waals surface area contributed by atoms with E-state index in [0.29, 0.717) is 16.4 Å². The number of pyridine rings is 1. The number of nitrogen functional groups attached to an aromatic ring is 1. The Morgan fingerprint density at radius 3 is 2.83 bits per heavy atom. The number of rotatable bonds is 4. The van der Waals surface area contributed by atoms with Crippen molar-refractivity contribution in [3.05, 3.63) is 28.4 Å². The highest BCUT2D eigenvalue weighted by molar-refractivity contribution is 7.21. The first-order valence-corrected chi connectivity index (χ1v) is 7.95. The zero-order valence-corrected chi connectivity index (χ0v) is 13.8. The number of hydrogen-bond donors (Lipinski definition) is 1. The van der Waals surface area contributed by atoms with Gasteiger partial charge in [-0.3, -0.25) is 4.79 Å². The quantitative estimate of drug-likeness (QED) is 0.568. The lowest BCUT2D eigenvalue weighted by atomic mass is 10.1. The number of nitrogens with zero attached hydrogens (tertiary/aromatic N) is 3. The summed E-state index contributed by atoms with van der Waals surface area (Å²) in [6.07, 6.45) is 0.850. The van der Waals surface area contributed by atoms with Crippen LogP contribution in [0.25, 0.3) is 10.2 Å². The summed E-state index contributed by atoms with van der Waals surface area (Å²) in [5.41, 5.74) is 7.22. The minimum atomic E-state index is -0.775. The first-order chi connectivity index (χ1) is 10.9. The van der Waals surface area contributed by atoms with Gasteiger partial charge in [-0.2, -0.15) is 0 Å². The molecule has 0 aliphatic carbocycles. The molecule has 0 atom stereocenters. The van der Waals surface area contributed by atoms with Crippen molar-refractivity contribution < 1.29 is 19.1 Å². The number of ketones is 1. The van der Waals surface area contributed by atoms with Crippen LogP contribution in [0.4, 0.5) is 5.69 Å². The molecule has 0 spiro atoms. The SMILES string of the molecule is CC(C)Cc1ccc2c(N)c(C(=O)c3c([O-])on[n+]3C)sc2n1. The van der Waals surface area contributed by atoms with Crippen LogP contribution in [0.5, 0.6) is 5.95 Å². The molecule has 0 radical (unpaired) electrons. The Bertz CT molecular complexity index is 878. The molecule has 7 nitrogen and oxygen atoms in total. The molecule has 23 heavy (non-hydrogen) atoms. The van der Waals surface area contributed by atoms with Crippen molar-refractivity contribution in [2.24, 2.45) is 13.0 Å². The van der Waals surface area contributed by atoms with Gasteiger partial charge in [0.1, 0.15) is 9.71 Å². The number of aromatic nitrogens is 3. The lowest BCUT2D eigenvalue weighted by Crippen LogP contribution is -2.37. The van der Waals surface area contributed by atoms with Crippen molar-refractivity contribution in [1.29, 1.82) is 0 Å². The predicted octanol–water partition coefficient (Wildman–Crippen LogP) is 1.19. The number of carbonyl (C=O) groups is 1. The van der Waals surface area contributed by atoms with Gasteiger partial charge in [-0.1, -0.05) is 18.5 Å². The second kappa shape index (κ2) is 5.62. The van der Waals surface area contributed by atoms with E-state index in [1.165, 1.54) is 18.4 Å². The number of carbonyl (C=O) groups excluding carboxylic acids is 1. The van der Waals surface area contributed by atoms with E-state index >= 15 is 0 Å². The van der Waals surface area contributed by atoms with Crippen LogP contribution in [0.2, 0.25) is 0 Å². The van der Waals surface area contributed by atoms with Crippen molar-refractivity contribution in [2.75, 3.05) is 5.73 Å². The molecule has 0 unspecified atom stereocenters. The van der Waals surface area contributed by atoms with Crippen molar-refractivity contribution in [1.82, 2.24) is 10.3 Å². The molecule has 0 saturated heterocycles. The lowest BCUT2D eigenvalue weighted by Gasteiger charge is -2.03. The van der Waals surface area contributed by atoms with Crippen LogP contribution in [0.15, 0.2) is 16.7 Å². The molecule has 3 aromatic heterocycles. The zero-order valence-electron chi connectivity index (χ0n) is 13.0. The molecule has 0 bridgehead atoms. The smallest absolute Gasteiger partial charge is 0.305 e. The van der Waals surface area contributed by atoms with Gasteiger partial charge in [0.05, 0.1) is 11.0 Å². The van der Waals surface area contributed by atoms with Crippen LogP contribution < -0.4 is 15.5 Å². The van der Waals surface area contributed by atoms with Gasteiger partial charge in [0.25, 0.3) is 5.78 Å². The molecule has 0 fully saturated rings. The summed E-state index contributed by atoms with van der Waals surface area (Å²) in [4.78, 5) is 18.1. The van der Waals surface area contributed by atoms with E-state index in [-0.39, 0.29) is 10.6 Å². The van der Waals surface area contributed by atoms with Gasteiger partial charge in [-0.05, 0) is 24.5 Å². The summed E-state index contributed by atoms with van der Waals surface area (Å²) in [5.74, 6) is -0.787. The second-order valence-corrected chi connectivity index (χ2v) is 6.76. The number of thiophene rings is 1. The van der Waals surface area contributed by atoms with Crippen molar-refractivity contribution in [2.45, 2.75) is 20.3 Å². The summed E-state index contributed by atoms with van der Waals surface area (Å²) in [6, 6.07) is 3.78. The number of hydrogen-bond acceptors (Lipinski definition) is 7. The summed E-state index contributed by atoms with van der Waals surface area (Å²) in [5, 5.41) is 15.8. The molecule has 2 N–H and O–H groups in total. The van der Waals surface area contributed by atoms with E-state index < -0.39 is 11.7 Å². The van der Waals surface area contributed by atoms with Crippen LogP contribution in [-0.2, 0) is 13.5 Å². The molecule has 3 heterocycles. The van der Waals surface area contributed by atoms with Crippen molar-refractivity contribution in [3.8, 4) is 5.95 Å². The molecule has 8 heteroatoms. The van der Waals surface area contributed by atoms with Crippen LogP contribution in [-0.4, -0.2) is 16.0 Å². The average Bonchev–Trinajstić information content (AvgIpc) is 2.98. The number of aryl methyl sites for hydroxylation is 1. The predicted molar refractivity (Wildman–Crippen MR) is 83.1 cm³/mol. The minimum absolute atomic E-state index is 0.148. The highest BCUT2D eigenvalue weighted by Crippen LogP contribution is 2.34. The fourth-order valence-corrected chi connectivity index (χ4v) is 3.45. The van der Waals surface area contributed by atoms with E-state index in [9.17, 15) is 9.90 Å². The number of nitrogens with two attached hydrogens (primary N) is 1. The Balaban J connectivity index is 2.08. The fourth-order valence-electron chi connectivity index (χ4n) is 2.40. The Labute approximate surface area is 136 Å². The first kappa shape index (κ1) is 15.4. The third kappa shape index (κ3) is 2.65. The zero-order chi connectivity index (χ0) is 16.7. The maximum absolute atomic E-state index is 12.6. The number of anilines is 1. The highest BCUT2D eigenvalue weighted by atomic mass is 32.1. The van der Waals surface area contributed by atoms with Crippen LogP contribution in [0.3, 0.4) is 0 Å². The van der Waals surface area contributed by atoms with Crippen LogP contribution >= 0.6 is 11.3 Å². The van der Waals surface area contributed by atoms with Gasteiger partial charge in [-0.15, -0.1) is 11.3 Å². The average molecular weight is 332 g/mol. The number of fused-ring (bicyclic) bond motifs is 1. The monoisotopic (exact) mass is 332 g/mol. The van der Waals surface area contributed by atoms with E-state index in [0.717, 1.165) is 22.2 Å². The Morgan fingerprint density at radius 2 is 2.22 bits per heavy atom. The van der Waals surface area contributed by atoms with Gasteiger partial charge >= 0.3 is 5.69 Å². The fraction of sp³-hybridized carbons (Fsp3) is 0.333. The molecule has 0 aliphatic heterocycles. The van der Waals surface area contributed by atoms with E-state index in [1.54, 1.807) is 0 Å². The molecule has 0 saturated carbocycles. The lowest BCUT2D eigenvalue weighted by molar-refractivity contribution is -0.741. The van der Waals surface area contributed by atoms with Crippen molar-refractivity contribution >= 4 is 33.0 Å². The third-order valence-corrected chi connectivity index (χ3v) is 4.57. The van der Waals surface area contributed by atoms with Gasteiger partial charge in [0.15, 0.2) is 13.0 Å². The Kier molecular flexibility index (Phi) is 3.77. The van der Waals surface area contributed by atoms with E-state index in [4.69, 9.17) is 5.73 Å². The van der Waals surface area contributed by atoms with Gasteiger partial charge in [-0.25, -0.2) is 4.98 Å². The standard InChI is InChI=1S/C15H16N4O3S/c1-7(2)6-8-4-5-9-10(16)13(23-14(9)17-8)12(20)11-15(21)22-18-19(11)3/h4-5,7H,6H2,1-3H3,(H2-,16,18,20,21). The van der Waals surface area contributed by atoms with Gasteiger partial charge in [0.2, 0.25) is 0 Å². The topological polar surface area (TPSA) is 109 Å². The molecule has 0 amide bonds. The highest BCUT2D eigenvalue weighted by Gasteiger charge is 2.28. The largest absolute Gasteiger partial charge is 0.539 e. The maximum atomic E-state index is 12.6. The Hall–Kier alpha value is -2.48. The Morgan fingerprint density at radius 1 is 1.48 bits per heavy atom. The van der Waals surface area contributed by atoms with Crippen molar-refractivity contribution in [3.63, 3.8) is 0 Å². The molecule has 0 aliphatic rings. The summed E-state index contributed by atoms with van der Waals surface area (Å²) in [7, 11) is 1.47. The maximum Gasteiger partial charge on any atom is 0.305 e. The second-order valence-electron chi connectivity index (χ2n) is 5.76. The van der Waals surface area contributed by atoms with Gasteiger partial charge < -0.3 is 15.4 Å². The summed E-state index contributed by atoms with van der Waals surface area (Å²) in [6.45, 7) is 4.23. The third-order valence-electron chi connectivity index (χ3n) is 3.45. The molecule has 120 valence electrons. The molecule has 0 aromatic carbocycles. The van der Waals surface area contributed by atoms with Crippen LogP contribution in [0, 0.1) is 5.92 Å². The summed E-state index contributed by atoms with van der Waals surface area (Å²) < 4.78 is 5.62.